The van der Waals surface area contributed by atoms with Gasteiger partial charge in [0.05, 0.1) is 0 Å². The minimum absolute atomic E-state index is 0.0193. The van der Waals surface area contributed by atoms with Crippen LogP contribution >= 0.6 is 0 Å². The lowest BCUT2D eigenvalue weighted by molar-refractivity contribution is -0.125. The van der Waals surface area contributed by atoms with Gasteiger partial charge in [-0.2, -0.15) is 0 Å². The lowest BCUT2D eigenvalue weighted by Crippen LogP contribution is -2.32. The Bertz CT molecular complexity index is 213. The first kappa shape index (κ1) is 12.9. The van der Waals surface area contributed by atoms with Gasteiger partial charge in [-0.1, -0.05) is 33.4 Å². The number of hydrogen-bond donors (Lipinski definition) is 0. The summed E-state index contributed by atoms with van der Waals surface area (Å²) in [6, 6.07) is 0. The van der Waals surface area contributed by atoms with Crippen molar-refractivity contribution in [3.8, 4) is 0 Å². The van der Waals surface area contributed by atoms with Crippen molar-refractivity contribution in [3.63, 3.8) is 0 Å². The summed E-state index contributed by atoms with van der Waals surface area (Å²) in [4.78, 5) is 13.1. The molecule has 0 aliphatic rings. The van der Waals surface area contributed by atoms with E-state index in [0.717, 1.165) is 13.0 Å². The van der Waals surface area contributed by atoms with E-state index in [9.17, 15) is 4.79 Å². The van der Waals surface area contributed by atoms with Gasteiger partial charge in [0.2, 0.25) is 5.91 Å². The molecule has 0 fully saturated rings. The molecular formula is C12H21NO. The molecule has 14 heavy (non-hydrogen) atoms. The van der Waals surface area contributed by atoms with Crippen LogP contribution in [0, 0.1) is 5.41 Å². The second kappa shape index (κ2) is 5.63. The number of nitrogens with zero attached hydrogens (tertiary/aromatic N) is 1. The summed E-state index contributed by atoms with van der Waals surface area (Å²) in [6.45, 7) is 15.0. The predicted octanol–water partition coefficient (Wildman–Crippen LogP) is 2.62. The molecule has 80 valence electrons. The van der Waals surface area contributed by atoms with E-state index in [-0.39, 0.29) is 11.3 Å². The van der Waals surface area contributed by atoms with Crippen molar-refractivity contribution in [2.45, 2.75) is 27.2 Å². The van der Waals surface area contributed by atoms with E-state index in [4.69, 9.17) is 0 Å². The zero-order valence-electron chi connectivity index (χ0n) is 9.55. The second-order valence-electron chi connectivity index (χ2n) is 4.59. The Hall–Kier alpha value is -1.05. The predicted molar refractivity (Wildman–Crippen MR) is 61.0 cm³/mol. The first-order valence-electron chi connectivity index (χ1n) is 4.93. The molecule has 0 radical (unpaired) electrons. The Morgan fingerprint density at radius 1 is 1.36 bits per heavy atom. The third-order valence-electron chi connectivity index (χ3n) is 1.97. The van der Waals surface area contributed by atoms with E-state index in [0.29, 0.717) is 6.54 Å². The Morgan fingerprint density at radius 2 is 1.93 bits per heavy atom. The SMILES string of the molecule is C=CCN(CCC(C)(C)C)C(=O)C=C. The van der Waals surface area contributed by atoms with Gasteiger partial charge < -0.3 is 4.90 Å². The molecular weight excluding hydrogens is 174 g/mol. The minimum Gasteiger partial charge on any atom is -0.335 e. The Morgan fingerprint density at radius 3 is 2.29 bits per heavy atom. The molecule has 0 bridgehead atoms. The molecule has 0 aromatic heterocycles. The van der Waals surface area contributed by atoms with E-state index in [1.165, 1.54) is 6.08 Å². The van der Waals surface area contributed by atoms with E-state index in [2.05, 4.69) is 33.9 Å². The largest absolute Gasteiger partial charge is 0.335 e. The van der Waals surface area contributed by atoms with Crippen LogP contribution in [0.25, 0.3) is 0 Å². The first-order chi connectivity index (χ1) is 6.40. The van der Waals surface area contributed by atoms with Gasteiger partial charge in [-0.05, 0) is 17.9 Å². The summed E-state index contributed by atoms with van der Waals surface area (Å²) < 4.78 is 0. The second-order valence-corrected chi connectivity index (χ2v) is 4.59. The molecule has 0 heterocycles. The summed E-state index contributed by atoms with van der Waals surface area (Å²) in [5.74, 6) is -0.0193. The number of carbonyl (C=O) groups is 1. The minimum atomic E-state index is -0.0193. The lowest BCUT2D eigenvalue weighted by atomic mass is 9.92. The zero-order chi connectivity index (χ0) is 11.2. The van der Waals surface area contributed by atoms with Crippen LogP contribution in [0.4, 0.5) is 0 Å². The van der Waals surface area contributed by atoms with Crippen molar-refractivity contribution >= 4 is 5.91 Å². The molecule has 2 heteroatoms. The Balaban J connectivity index is 4.16. The van der Waals surface area contributed by atoms with Crippen molar-refractivity contribution in [1.82, 2.24) is 4.90 Å². The van der Waals surface area contributed by atoms with Gasteiger partial charge in [-0.15, -0.1) is 6.58 Å². The highest BCUT2D eigenvalue weighted by molar-refractivity contribution is 5.87. The zero-order valence-corrected chi connectivity index (χ0v) is 9.55. The van der Waals surface area contributed by atoms with Crippen molar-refractivity contribution in [3.05, 3.63) is 25.3 Å². The van der Waals surface area contributed by atoms with Crippen molar-refractivity contribution in [1.29, 1.82) is 0 Å². The molecule has 0 atom stereocenters. The summed E-state index contributed by atoms with van der Waals surface area (Å²) in [7, 11) is 0. The fourth-order valence-electron chi connectivity index (χ4n) is 1.05. The summed E-state index contributed by atoms with van der Waals surface area (Å²) in [5.41, 5.74) is 0.251. The maximum atomic E-state index is 11.4. The molecule has 0 rings (SSSR count). The van der Waals surface area contributed by atoms with Crippen LogP contribution < -0.4 is 0 Å². The average molecular weight is 195 g/mol. The molecule has 0 unspecified atom stereocenters. The van der Waals surface area contributed by atoms with Crippen molar-refractivity contribution in [2.75, 3.05) is 13.1 Å². The van der Waals surface area contributed by atoms with E-state index in [1.54, 1.807) is 11.0 Å². The van der Waals surface area contributed by atoms with Crippen molar-refractivity contribution in [2.24, 2.45) is 5.41 Å². The van der Waals surface area contributed by atoms with Crippen LogP contribution in [-0.4, -0.2) is 23.9 Å². The van der Waals surface area contributed by atoms with Gasteiger partial charge in [0, 0.05) is 13.1 Å². The van der Waals surface area contributed by atoms with E-state index < -0.39 is 0 Å². The number of amides is 1. The van der Waals surface area contributed by atoms with Gasteiger partial charge in [0.15, 0.2) is 0 Å². The Kier molecular flexibility index (Phi) is 5.21. The smallest absolute Gasteiger partial charge is 0.246 e. The topological polar surface area (TPSA) is 20.3 Å². The quantitative estimate of drug-likeness (QED) is 0.488. The molecule has 1 amide bonds. The molecule has 0 aliphatic heterocycles. The standard InChI is InChI=1S/C12H21NO/c1-6-9-13(11(14)7-2)10-8-12(3,4)5/h6-7H,1-2,8-10H2,3-5H3. The molecule has 0 saturated carbocycles. The highest BCUT2D eigenvalue weighted by Gasteiger charge is 2.14. The molecule has 0 aromatic rings. The summed E-state index contributed by atoms with van der Waals surface area (Å²) in [6.07, 6.45) is 4.08. The average Bonchev–Trinajstić information content (AvgIpc) is 2.09. The van der Waals surface area contributed by atoms with Crippen LogP contribution in [0.3, 0.4) is 0 Å². The van der Waals surface area contributed by atoms with E-state index >= 15 is 0 Å². The van der Waals surface area contributed by atoms with Crippen LogP contribution in [0.5, 0.6) is 0 Å². The Labute approximate surface area is 87.3 Å². The summed E-state index contributed by atoms with van der Waals surface area (Å²) in [5, 5.41) is 0. The lowest BCUT2D eigenvalue weighted by Gasteiger charge is -2.25. The highest BCUT2D eigenvalue weighted by atomic mass is 16.2. The fraction of sp³-hybridized carbons (Fsp3) is 0.583. The number of hydrogen-bond acceptors (Lipinski definition) is 1. The molecule has 0 aromatic carbocycles. The highest BCUT2D eigenvalue weighted by Crippen LogP contribution is 2.18. The van der Waals surface area contributed by atoms with Crippen molar-refractivity contribution < 1.29 is 4.79 Å². The first-order valence-corrected chi connectivity index (χ1v) is 4.93. The third kappa shape index (κ3) is 5.57. The van der Waals surface area contributed by atoms with Crippen LogP contribution in [0.15, 0.2) is 25.3 Å². The maximum absolute atomic E-state index is 11.4. The van der Waals surface area contributed by atoms with Gasteiger partial charge in [0.1, 0.15) is 0 Å². The monoisotopic (exact) mass is 195 g/mol. The molecule has 0 spiro atoms. The normalized spacial score (nSPS) is 10.8. The fourth-order valence-corrected chi connectivity index (χ4v) is 1.05. The molecule has 0 saturated heterocycles. The molecule has 0 N–H and O–H groups in total. The van der Waals surface area contributed by atoms with Gasteiger partial charge in [-0.25, -0.2) is 0 Å². The molecule has 0 aliphatic carbocycles. The van der Waals surface area contributed by atoms with Gasteiger partial charge in [0.25, 0.3) is 0 Å². The van der Waals surface area contributed by atoms with Crippen LogP contribution in [-0.2, 0) is 4.79 Å². The van der Waals surface area contributed by atoms with E-state index in [1.807, 2.05) is 0 Å². The summed E-state index contributed by atoms with van der Waals surface area (Å²) >= 11 is 0. The number of rotatable bonds is 5. The van der Waals surface area contributed by atoms with Crippen LogP contribution in [0.2, 0.25) is 0 Å². The van der Waals surface area contributed by atoms with Crippen LogP contribution in [0.1, 0.15) is 27.2 Å². The van der Waals surface area contributed by atoms with Gasteiger partial charge in [-0.3, -0.25) is 4.79 Å². The maximum Gasteiger partial charge on any atom is 0.246 e. The number of carbonyl (C=O) groups excluding carboxylic acids is 1. The van der Waals surface area contributed by atoms with Gasteiger partial charge >= 0.3 is 0 Å². The third-order valence-corrected chi connectivity index (χ3v) is 1.97. The molecule has 2 nitrogen and oxygen atoms in total.